The van der Waals surface area contributed by atoms with Crippen LogP contribution in [0.3, 0.4) is 0 Å². The zero-order chi connectivity index (χ0) is 13.8. The van der Waals surface area contributed by atoms with Gasteiger partial charge >= 0.3 is 0 Å². The Kier molecular flexibility index (Phi) is 4.84. The molecule has 18 heavy (non-hydrogen) atoms. The van der Waals surface area contributed by atoms with E-state index in [1.165, 1.54) is 19.1 Å². The van der Waals surface area contributed by atoms with Crippen molar-refractivity contribution in [3.05, 3.63) is 29.6 Å². The van der Waals surface area contributed by atoms with E-state index in [-0.39, 0.29) is 29.3 Å². The molecule has 0 aliphatic rings. The van der Waals surface area contributed by atoms with Gasteiger partial charge in [0.15, 0.2) is 5.78 Å². The molecule has 0 saturated carbocycles. The van der Waals surface area contributed by atoms with Crippen LogP contribution in [-0.4, -0.2) is 24.6 Å². The molecule has 0 amide bonds. The lowest BCUT2D eigenvalue weighted by Gasteiger charge is -2.19. The summed E-state index contributed by atoms with van der Waals surface area (Å²) in [5.74, 6) is -0.642. The highest BCUT2D eigenvalue weighted by molar-refractivity contribution is 5.97. The van der Waals surface area contributed by atoms with Gasteiger partial charge in [0.1, 0.15) is 18.2 Å². The molecule has 1 aromatic carbocycles. The predicted molar refractivity (Wildman–Crippen MR) is 67.6 cm³/mol. The zero-order valence-electron chi connectivity index (χ0n) is 11.2. The van der Waals surface area contributed by atoms with Crippen molar-refractivity contribution in [2.75, 3.05) is 13.2 Å². The second kappa shape index (κ2) is 5.96. The number of ether oxygens (including phenoxy) is 2. The van der Waals surface area contributed by atoms with E-state index in [9.17, 15) is 9.18 Å². The van der Waals surface area contributed by atoms with E-state index in [1.807, 2.05) is 20.8 Å². The van der Waals surface area contributed by atoms with E-state index in [1.54, 1.807) is 6.07 Å². The summed E-state index contributed by atoms with van der Waals surface area (Å²) in [4.78, 5) is 11.3. The Morgan fingerprint density at radius 2 is 1.94 bits per heavy atom. The van der Waals surface area contributed by atoms with E-state index >= 15 is 0 Å². The topological polar surface area (TPSA) is 35.5 Å². The Labute approximate surface area is 107 Å². The minimum Gasteiger partial charge on any atom is -0.490 e. The van der Waals surface area contributed by atoms with Crippen LogP contribution in [0.15, 0.2) is 18.2 Å². The van der Waals surface area contributed by atoms with Crippen LogP contribution in [0.1, 0.15) is 38.1 Å². The number of halogens is 1. The van der Waals surface area contributed by atoms with Crippen LogP contribution in [0.4, 0.5) is 4.39 Å². The number of Topliss-reactive ketones (excluding diaryl/α,β-unsaturated/α-hetero) is 1. The fourth-order valence-electron chi connectivity index (χ4n) is 1.47. The molecule has 1 rings (SSSR count). The average molecular weight is 254 g/mol. The number of rotatable bonds is 5. The van der Waals surface area contributed by atoms with E-state index in [2.05, 4.69) is 0 Å². The summed E-state index contributed by atoms with van der Waals surface area (Å²) in [6.45, 7) is 7.80. The van der Waals surface area contributed by atoms with E-state index in [0.29, 0.717) is 6.61 Å². The Bertz CT molecular complexity index is 422. The third-order valence-corrected chi connectivity index (χ3v) is 2.20. The van der Waals surface area contributed by atoms with Crippen molar-refractivity contribution >= 4 is 5.78 Å². The molecule has 0 atom stereocenters. The molecule has 0 saturated heterocycles. The van der Waals surface area contributed by atoms with Crippen molar-refractivity contribution in [1.29, 1.82) is 0 Å². The summed E-state index contributed by atoms with van der Waals surface area (Å²) < 4.78 is 24.3. The Hall–Kier alpha value is -1.42. The highest BCUT2D eigenvalue weighted by atomic mass is 19.1. The highest BCUT2D eigenvalue weighted by Gasteiger charge is 2.14. The van der Waals surface area contributed by atoms with Crippen LogP contribution < -0.4 is 4.74 Å². The summed E-state index contributed by atoms with van der Waals surface area (Å²) in [5, 5.41) is 0. The maximum absolute atomic E-state index is 13.5. The van der Waals surface area contributed by atoms with Crippen LogP contribution in [0.2, 0.25) is 0 Å². The van der Waals surface area contributed by atoms with E-state index < -0.39 is 5.82 Å². The largest absolute Gasteiger partial charge is 0.490 e. The molecule has 1 aromatic rings. The smallest absolute Gasteiger partial charge is 0.166 e. The molecule has 0 aromatic heterocycles. The van der Waals surface area contributed by atoms with E-state index in [0.717, 1.165) is 0 Å². The number of carbonyl (C=O) groups excluding carboxylic acids is 1. The SMILES string of the molecule is CC(=O)c1c(F)cccc1OCCOC(C)(C)C. The molecule has 0 spiro atoms. The number of ketones is 1. The van der Waals surface area contributed by atoms with Crippen LogP contribution in [0.5, 0.6) is 5.75 Å². The van der Waals surface area contributed by atoms with Gasteiger partial charge < -0.3 is 9.47 Å². The summed E-state index contributed by atoms with van der Waals surface area (Å²) in [7, 11) is 0. The van der Waals surface area contributed by atoms with Gasteiger partial charge in [-0.1, -0.05) is 6.07 Å². The summed E-state index contributed by atoms with van der Waals surface area (Å²) in [6, 6.07) is 4.34. The summed E-state index contributed by atoms with van der Waals surface area (Å²) >= 11 is 0. The minimum atomic E-state index is -0.559. The monoisotopic (exact) mass is 254 g/mol. The van der Waals surface area contributed by atoms with Gasteiger partial charge in [-0.3, -0.25) is 4.79 Å². The van der Waals surface area contributed by atoms with Gasteiger partial charge in [0.2, 0.25) is 0 Å². The maximum Gasteiger partial charge on any atom is 0.166 e. The molecule has 4 heteroatoms. The molecule has 0 radical (unpaired) electrons. The van der Waals surface area contributed by atoms with Gasteiger partial charge in [0.05, 0.1) is 17.8 Å². The van der Waals surface area contributed by atoms with Crippen molar-refractivity contribution in [3.8, 4) is 5.75 Å². The predicted octanol–water partition coefficient (Wildman–Crippen LogP) is 3.22. The van der Waals surface area contributed by atoms with Crippen LogP contribution in [0, 0.1) is 5.82 Å². The van der Waals surface area contributed by atoms with Crippen molar-refractivity contribution in [2.24, 2.45) is 0 Å². The second-order valence-electron chi connectivity index (χ2n) is 4.98. The first-order valence-corrected chi connectivity index (χ1v) is 5.87. The number of carbonyl (C=O) groups is 1. The third-order valence-electron chi connectivity index (χ3n) is 2.20. The molecule has 0 fully saturated rings. The Balaban J connectivity index is 2.63. The third kappa shape index (κ3) is 4.45. The van der Waals surface area contributed by atoms with Crippen LogP contribution >= 0.6 is 0 Å². The lowest BCUT2D eigenvalue weighted by atomic mass is 10.1. The first-order valence-electron chi connectivity index (χ1n) is 5.87. The van der Waals surface area contributed by atoms with Gasteiger partial charge in [0, 0.05) is 0 Å². The zero-order valence-corrected chi connectivity index (χ0v) is 11.2. The lowest BCUT2D eigenvalue weighted by Crippen LogP contribution is -2.22. The van der Waals surface area contributed by atoms with Gasteiger partial charge in [0.25, 0.3) is 0 Å². The molecular weight excluding hydrogens is 235 g/mol. The average Bonchev–Trinajstić information content (AvgIpc) is 2.22. The van der Waals surface area contributed by atoms with Crippen LogP contribution in [-0.2, 0) is 4.74 Å². The second-order valence-corrected chi connectivity index (χ2v) is 4.98. The molecule has 100 valence electrons. The molecule has 0 heterocycles. The van der Waals surface area contributed by atoms with Gasteiger partial charge in [-0.15, -0.1) is 0 Å². The maximum atomic E-state index is 13.5. The van der Waals surface area contributed by atoms with Gasteiger partial charge in [-0.25, -0.2) is 4.39 Å². The molecule has 0 bridgehead atoms. The van der Waals surface area contributed by atoms with Crippen molar-refractivity contribution in [1.82, 2.24) is 0 Å². The Morgan fingerprint density at radius 1 is 1.28 bits per heavy atom. The fraction of sp³-hybridized carbons (Fsp3) is 0.500. The first kappa shape index (κ1) is 14.6. The number of benzene rings is 1. The molecular formula is C14H19FO3. The van der Waals surface area contributed by atoms with Crippen molar-refractivity contribution in [2.45, 2.75) is 33.3 Å². The highest BCUT2D eigenvalue weighted by Crippen LogP contribution is 2.22. The lowest BCUT2D eigenvalue weighted by molar-refractivity contribution is -0.0164. The normalized spacial score (nSPS) is 11.4. The number of hydrogen-bond acceptors (Lipinski definition) is 3. The standard InChI is InChI=1S/C14H19FO3/c1-10(16)13-11(15)6-5-7-12(13)17-8-9-18-14(2,3)4/h5-7H,8-9H2,1-4H3. The number of hydrogen-bond donors (Lipinski definition) is 0. The van der Waals surface area contributed by atoms with Gasteiger partial charge in [-0.2, -0.15) is 0 Å². The first-order chi connectivity index (χ1) is 8.31. The summed E-state index contributed by atoms with van der Waals surface area (Å²) in [5.41, 5.74) is -0.248. The summed E-state index contributed by atoms with van der Waals surface area (Å²) in [6.07, 6.45) is 0. The molecule has 0 unspecified atom stereocenters. The Morgan fingerprint density at radius 3 is 2.50 bits per heavy atom. The molecule has 3 nitrogen and oxygen atoms in total. The van der Waals surface area contributed by atoms with Crippen molar-refractivity contribution < 1.29 is 18.7 Å². The molecule has 0 aliphatic carbocycles. The minimum absolute atomic E-state index is 0.00624. The van der Waals surface area contributed by atoms with Gasteiger partial charge in [-0.05, 0) is 39.8 Å². The van der Waals surface area contributed by atoms with Crippen LogP contribution in [0.25, 0.3) is 0 Å². The quantitative estimate of drug-likeness (QED) is 0.598. The van der Waals surface area contributed by atoms with E-state index in [4.69, 9.17) is 9.47 Å². The fourth-order valence-corrected chi connectivity index (χ4v) is 1.47. The molecule has 0 aliphatic heterocycles. The van der Waals surface area contributed by atoms with Crippen molar-refractivity contribution in [3.63, 3.8) is 0 Å². The molecule has 0 N–H and O–H groups in total.